The number of halogens is 1. The fourth-order valence-corrected chi connectivity index (χ4v) is 3.52. The van der Waals surface area contributed by atoms with Gasteiger partial charge in [0.1, 0.15) is 0 Å². The van der Waals surface area contributed by atoms with Gasteiger partial charge < -0.3 is 5.11 Å². The van der Waals surface area contributed by atoms with Gasteiger partial charge in [-0.05, 0) is 54.6 Å². The van der Waals surface area contributed by atoms with Gasteiger partial charge in [-0.15, -0.1) is 0 Å². The van der Waals surface area contributed by atoms with Gasteiger partial charge in [0.15, 0.2) is 0 Å². The molecule has 1 aromatic rings. The van der Waals surface area contributed by atoms with Crippen molar-refractivity contribution in [1.82, 2.24) is 0 Å². The third-order valence-electron chi connectivity index (χ3n) is 4.67. The molecule has 1 aliphatic rings. The van der Waals surface area contributed by atoms with E-state index in [0.29, 0.717) is 16.4 Å². The number of benzene rings is 1. The van der Waals surface area contributed by atoms with Crippen LogP contribution in [0.2, 0.25) is 5.02 Å². The van der Waals surface area contributed by atoms with Crippen molar-refractivity contribution >= 4 is 11.6 Å². The summed E-state index contributed by atoms with van der Waals surface area (Å²) < 4.78 is 0. The summed E-state index contributed by atoms with van der Waals surface area (Å²) in [7, 11) is 0. The van der Waals surface area contributed by atoms with Gasteiger partial charge in [0.25, 0.3) is 0 Å². The highest BCUT2D eigenvalue weighted by Gasteiger charge is 2.33. The minimum absolute atomic E-state index is 0.360. The first kappa shape index (κ1) is 14.9. The Morgan fingerprint density at radius 2 is 1.68 bits per heavy atom. The number of rotatable bonds is 2. The van der Waals surface area contributed by atoms with E-state index in [-0.39, 0.29) is 0 Å². The molecule has 1 aromatic carbocycles. The molecule has 1 saturated carbocycles. The van der Waals surface area contributed by atoms with Crippen molar-refractivity contribution in [3.05, 3.63) is 34.9 Å². The van der Waals surface area contributed by atoms with Gasteiger partial charge in [-0.1, -0.05) is 50.6 Å². The molecule has 1 fully saturated rings. The molecule has 0 heterocycles. The summed E-state index contributed by atoms with van der Waals surface area (Å²) in [6, 6.07) is 7.67. The minimum Gasteiger partial charge on any atom is -0.388 e. The molecule has 0 radical (unpaired) electrons. The number of hydrogen-bond donors (Lipinski definition) is 1. The van der Waals surface area contributed by atoms with Crippen molar-refractivity contribution in [2.75, 3.05) is 0 Å². The third kappa shape index (κ3) is 3.52. The summed E-state index contributed by atoms with van der Waals surface area (Å²) in [6.45, 7) is 6.97. The van der Waals surface area contributed by atoms with E-state index in [4.69, 9.17) is 11.6 Å². The van der Waals surface area contributed by atoms with E-state index in [9.17, 15) is 5.11 Å². The average molecular weight is 281 g/mol. The first-order valence-electron chi connectivity index (χ1n) is 7.32. The zero-order chi connectivity index (χ0) is 14.0. The Bertz CT molecular complexity index is 414. The van der Waals surface area contributed by atoms with Gasteiger partial charge in [0.05, 0.1) is 6.10 Å². The molecule has 106 valence electrons. The molecule has 0 bridgehead atoms. The van der Waals surface area contributed by atoms with Gasteiger partial charge in [0, 0.05) is 5.02 Å². The predicted octanol–water partition coefficient (Wildman–Crippen LogP) is 5.23. The Morgan fingerprint density at radius 1 is 1.11 bits per heavy atom. The van der Waals surface area contributed by atoms with E-state index in [2.05, 4.69) is 20.8 Å². The highest BCUT2D eigenvalue weighted by molar-refractivity contribution is 6.31. The van der Waals surface area contributed by atoms with Crippen LogP contribution in [0.15, 0.2) is 24.3 Å². The van der Waals surface area contributed by atoms with Crippen LogP contribution in [0.5, 0.6) is 0 Å². The molecule has 1 N–H and O–H groups in total. The standard InChI is InChI=1S/C17H25ClO/c1-17(2,3)13-10-8-12(9-11-13)16(19)14-6-4-5-7-15(14)18/h4-7,12-13,16,19H,8-11H2,1-3H3. The molecular weight excluding hydrogens is 256 g/mol. The molecule has 2 heteroatoms. The average Bonchev–Trinajstić information content (AvgIpc) is 2.38. The maximum atomic E-state index is 10.5. The van der Waals surface area contributed by atoms with E-state index in [1.54, 1.807) is 0 Å². The van der Waals surface area contributed by atoms with Crippen LogP contribution in [0.3, 0.4) is 0 Å². The minimum atomic E-state index is -0.408. The van der Waals surface area contributed by atoms with Gasteiger partial charge in [-0.25, -0.2) is 0 Å². The smallest absolute Gasteiger partial charge is 0.0832 e. The summed E-state index contributed by atoms with van der Waals surface area (Å²) in [4.78, 5) is 0. The van der Waals surface area contributed by atoms with Crippen molar-refractivity contribution in [3.63, 3.8) is 0 Å². The van der Waals surface area contributed by atoms with Gasteiger partial charge >= 0.3 is 0 Å². The first-order chi connectivity index (χ1) is 8.89. The molecule has 1 atom stereocenters. The highest BCUT2D eigenvalue weighted by Crippen LogP contribution is 2.44. The largest absolute Gasteiger partial charge is 0.388 e. The van der Waals surface area contributed by atoms with Crippen LogP contribution in [0.25, 0.3) is 0 Å². The molecule has 0 spiro atoms. The summed E-state index contributed by atoms with van der Waals surface area (Å²) in [5.41, 5.74) is 1.28. The van der Waals surface area contributed by atoms with E-state index in [1.165, 1.54) is 12.8 Å². The van der Waals surface area contributed by atoms with Crippen LogP contribution < -0.4 is 0 Å². The second-order valence-corrected chi connectivity index (χ2v) is 7.35. The maximum absolute atomic E-state index is 10.5. The Morgan fingerprint density at radius 3 is 2.21 bits per heavy atom. The van der Waals surface area contributed by atoms with Crippen molar-refractivity contribution < 1.29 is 5.11 Å². The Hall–Kier alpha value is -0.530. The molecule has 1 aliphatic carbocycles. The molecule has 0 aromatic heterocycles. The van der Waals surface area contributed by atoms with E-state index in [1.807, 2.05) is 24.3 Å². The molecular formula is C17H25ClO. The molecule has 1 unspecified atom stereocenters. The Balaban J connectivity index is 2.00. The van der Waals surface area contributed by atoms with E-state index < -0.39 is 6.10 Å². The van der Waals surface area contributed by atoms with Gasteiger partial charge in [-0.2, -0.15) is 0 Å². The van der Waals surface area contributed by atoms with Crippen LogP contribution in [0, 0.1) is 17.3 Å². The van der Waals surface area contributed by atoms with Crippen LogP contribution in [0.4, 0.5) is 0 Å². The van der Waals surface area contributed by atoms with E-state index >= 15 is 0 Å². The third-order valence-corrected chi connectivity index (χ3v) is 5.01. The summed E-state index contributed by atoms with van der Waals surface area (Å²) in [6.07, 6.45) is 4.24. The lowest BCUT2D eigenvalue weighted by molar-refractivity contribution is 0.0529. The second kappa shape index (κ2) is 5.85. The molecule has 0 aliphatic heterocycles. The molecule has 2 rings (SSSR count). The summed E-state index contributed by atoms with van der Waals surface area (Å²) >= 11 is 6.18. The zero-order valence-corrected chi connectivity index (χ0v) is 13.0. The Labute approximate surface area is 122 Å². The number of aliphatic hydroxyl groups excluding tert-OH is 1. The Kier molecular flexibility index (Phi) is 4.58. The van der Waals surface area contributed by atoms with Gasteiger partial charge in [0.2, 0.25) is 0 Å². The topological polar surface area (TPSA) is 20.2 Å². The molecule has 19 heavy (non-hydrogen) atoms. The fraction of sp³-hybridized carbons (Fsp3) is 0.647. The lowest BCUT2D eigenvalue weighted by atomic mass is 9.68. The number of aliphatic hydroxyl groups is 1. The SMILES string of the molecule is CC(C)(C)C1CCC(C(O)c2ccccc2Cl)CC1. The molecule has 1 nitrogen and oxygen atoms in total. The maximum Gasteiger partial charge on any atom is 0.0832 e. The molecule has 0 saturated heterocycles. The van der Waals surface area contributed by atoms with Crippen LogP contribution in [-0.2, 0) is 0 Å². The second-order valence-electron chi connectivity index (χ2n) is 6.94. The lowest BCUT2D eigenvalue weighted by Crippen LogP contribution is -2.28. The van der Waals surface area contributed by atoms with Crippen LogP contribution in [0.1, 0.15) is 58.1 Å². The summed E-state index contributed by atoms with van der Waals surface area (Å²) in [5.74, 6) is 1.14. The van der Waals surface area contributed by atoms with E-state index in [0.717, 1.165) is 24.3 Å². The van der Waals surface area contributed by atoms with Crippen molar-refractivity contribution in [3.8, 4) is 0 Å². The lowest BCUT2D eigenvalue weighted by Gasteiger charge is -2.38. The normalized spacial score (nSPS) is 26.2. The van der Waals surface area contributed by atoms with Gasteiger partial charge in [-0.3, -0.25) is 0 Å². The van der Waals surface area contributed by atoms with Crippen molar-refractivity contribution in [2.45, 2.75) is 52.6 Å². The number of hydrogen-bond acceptors (Lipinski definition) is 1. The zero-order valence-electron chi connectivity index (χ0n) is 12.2. The van der Waals surface area contributed by atoms with Crippen LogP contribution in [-0.4, -0.2) is 5.11 Å². The monoisotopic (exact) mass is 280 g/mol. The first-order valence-corrected chi connectivity index (χ1v) is 7.70. The fourth-order valence-electron chi connectivity index (χ4n) is 3.27. The predicted molar refractivity (Wildman–Crippen MR) is 81.3 cm³/mol. The van der Waals surface area contributed by atoms with Crippen molar-refractivity contribution in [1.29, 1.82) is 0 Å². The molecule has 0 amide bonds. The quantitative estimate of drug-likeness (QED) is 0.787. The van der Waals surface area contributed by atoms with Crippen LogP contribution >= 0.6 is 11.6 Å². The highest BCUT2D eigenvalue weighted by atomic mass is 35.5. The summed E-state index contributed by atoms with van der Waals surface area (Å²) in [5, 5.41) is 11.2. The van der Waals surface area contributed by atoms with Crippen molar-refractivity contribution in [2.24, 2.45) is 17.3 Å².